The molecule has 0 spiro atoms. The van der Waals surface area contributed by atoms with Crippen LogP contribution in [0, 0.1) is 13.8 Å². The van der Waals surface area contributed by atoms with Crippen LogP contribution in [-0.2, 0) is 4.79 Å². The van der Waals surface area contributed by atoms with Gasteiger partial charge >= 0.3 is 0 Å². The van der Waals surface area contributed by atoms with Crippen LogP contribution in [0.3, 0.4) is 0 Å². The van der Waals surface area contributed by atoms with E-state index >= 15 is 0 Å². The van der Waals surface area contributed by atoms with Crippen LogP contribution in [0.1, 0.15) is 11.1 Å². The van der Waals surface area contributed by atoms with Crippen LogP contribution >= 0.6 is 11.8 Å². The lowest BCUT2D eigenvalue weighted by atomic mass is 10.1. The molecular weight excluding hydrogens is 286 g/mol. The normalized spacial score (nSPS) is 10.4. The van der Waals surface area contributed by atoms with E-state index in [1.54, 1.807) is 10.8 Å². The largest absolute Gasteiger partial charge is 0.352 e. The van der Waals surface area contributed by atoms with Crippen LogP contribution in [0.25, 0.3) is 5.69 Å². The minimum absolute atomic E-state index is 0.0745. The molecule has 0 bridgehead atoms. The topological polar surface area (TPSA) is 72.7 Å². The molecular formula is C14H17N5OS. The second kappa shape index (κ2) is 7.03. The lowest BCUT2D eigenvalue weighted by Gasteiger charge is -2.07. The van der Waals surface area contributed by atoms with Gasteiger partial charge in [0, 0.05) is 6.54 Å². The van der Waals surface area contributed by atoms with Gasteiger partial charge < -0.3 is 5.32 Å². The van der Waals surface area contributed by atoms with Crippen LogP contribution in [0.15, 0.2) is 36.0 Å². The first-order valence-electron chi connectivity index (χ1n) is 6.48. The van der Waals surface area contributed by atoms with Gasteiger partial charge in [0.2, 0.25) is 11.1 Å². The van der Waals surface area contributed by atoms with Crippen LogP contribution in [0.2, 0.25) is 0 Å². The van der Waals surface area contributed by atoms with Crippen molar-refractivity contribution in [2.45, 2.75) is 19.0 Å². The Balaban J connectivity index is 2.09. The number of aryl methyl sites for hydroxylation is 2. The van der Waals surface area contributed by atoms with Gasteiger partial charge in [0.15, 0.2) is 0 Å². The number of tetrazole rings is 1. The average Bonchev–Trinajstić information content (AvgIpc) is 2.94. The van der Waals surface area contributed by atoms with Crippen molar-refractivity contribution >= 4 is 17.7 Å². The average molecular weight is 303 g/mol. The molecule has 0 saturated heterocycles. The van der Waals surface area contributed by atoms with Gasteiger partial charge in [-0.2, -0.15) is 4.68 Å². The first kappa shape index (κ1) is 15.2. The van der Waals surface area contributed by atoms with Crippen molar-refractivity contribution in [3.05, 3.63) is 42.0 Å². The summed E-state index contributed by atoms with van der Waals surface area (Å²) in [4.78, 5) is 11.6. The summed E-state index contributed by atoms with van der Waals surface area (Å²) >= 11 is 1.30. The number of nitrogens with one attached hydrogen (secondary N) is 1. The van der Waals surface area contributed by atoms with Gasteiger partial charge in [0.05, 0.1) is 11.4 Å². The Kier molecular flexibility index (Phi) is 5.10. The Morgan fingerprint density at radius 2 is 2.24 bits per heavy atom. The fourth-order valence-electron chi connectivity index (χ4n) is 1.66. The third kappa shape index (κ3) is 3.91. The maximum Gasteiger partial charge on any atom is 0.230 e. The second-order valence-electron chi connectivity index (χ2n) is 4.52. The van der Waals surface area contributed by atoms with E-state index < -0.39 is 0 Å². The lowest BCUT2D eigenvalue weighted by Crippen LogP contribution is -2.25. The SMILES string of the molecule is C=CCNC(=O)CSc1nnnn1-c1ccc(C)c(C)c1. The maximum atomic E-state index is 11.6. The molecule has 1 N–H and O–H groups in total. The molecule has 2 aromatic rings. The van der Waals surface area contributed by atoms with Gasteiger partial charge in [0.25, 0.3) is 0 Å². The zero-order valence-electron chi connectivity index (χ0n) is 12.0. The Morgan fingerprint density at radius 3 is 2.95 bits per heavy atom. The maximum absolute atomic E-state index is 11.6. The first-order chi connectivity index (χ1) is 10.1. The molecule has 6 nitrogen and oxygen atoms in total. The second-order valence-corrected chi connectivity index (χ2v) is 5.47. The molecule has 0 radical (unpaired) electrons. The summed E-state index contributed by atoms with van der Waals surface area (Å²) in [7, 11) is 0. The zero-order valence-corrected chi connectivity index (χ0v) is 12.9. The van der Waals surface area contributed by atoms with E-state index in [2.05, 4.69) is 34.3 Å². The van der Waals surface area contributed by atoms with Crippen molar-refractivity contribution in [1.29, 1.82) is 0 Å². The van der Waals surface area contributed by atoms with E-state index in [1.165, 1.54) is 22.9 Å². The van der Waals surface area contributed by atoms with Crippen molar-refractivity contribution in [2.75, 3.05) is 12.3 Å². The van der Waals surface area contributed by atoms with Gasteiger partial charge in [0.1, 0.15) is 0 Å². The Labute approximate surface area is 127 Å². The molecule has 21 heavy (non-hydrogen) atoms. The van der Waals surface area contributed by atoms with Crippen molar-refractivity contribution in [1.82, 2.24) is 25.5 Å². The first-order valence-corrected chi connectivity index (χ1v) is 7.46. The summed E-state index contributed by atoms with van der Waals surface area (Å²) in [6.07, 6.45) is 1.64. The molecule has 0 aliphatic rings. The van der Waals surface area contributed by atoms with Crippen LogP contribution in [0.4, 0.5) is 0 Å². The van der Waals surface area contributed by atoms with E-state index in [0.717, 1.165) is 5.69 Å². The Bertz CT molecular complexity index is 653. The van der Waals surface area contributed by atoms with Gasteiger partial charge in [-0.25, -0.2) is 0 Å². The molecule has 1 aromatic heterocycles. The fraction of sp³-hybridized carbons (Fsp3) is 0.286. The van der Waals surface area contributed by atoms with Crippen molar-refractivity contribution in [3.63, 3.8) is 0 Å². The molecule has 0 aliphatic heterocycles. The number of thioether (sulfide) groups is 1. The van der Waals surface area contributed by atoms with Crippen molar-refractivity contribution < 1.29 is 4.79 Å². The van der Waals surface area contributed by atoms with E-state index in [1.807, 2.05) is 25.1 Å². The van der Waals surface area contributed by atoms with E-state index in [0.29, 0.717) is 11.7 Å². The van der Waals surface area contributed by atoms with E-state index in [9.17, 15) is 4.79 Å². The third-order valence-electron chi connectivity index (χ3n) is 2.95. The van der Waals surface area contributed by atoms with Gasteiger partial charge in [-0.3, -0.25) is 4.79 Å². The van der Waals surface area contributed by atoms with Gasteiger partial charge in [-0.1, -0.05) is 23.9 Å². The number of hydrogen-bond donors (Lipinski definition) is 1. The highest BCUT2D eigenvalue weighted by Crippen LogP contribution is 2.19. The molecule has 0 fully saturated rings. The molecule has 1 amide bonds. The molecule has 0 atom stereocenters. The summed E-state index contributed by atoms with van der Waals surface area (Å²) in [5, 5.41) is 14.9. The lowest BCUT2D eigenvalue weighted by molar-refractivity contribution is -0.118. The quantitative estimate of drug-likeness (QED) is 0.649. The number of nitrogens with zero attached hydrogens (tertiary/aromatic N) is 4. The molecule has 0 aliphatic carbocycles. The summed E-state index contributed by atoms with van der Waals surface area (Å²) < 4.78 is 1.64. The summed E-state index contributed by atoms with van der Waals surface area (Å²) in [6, 6.07) is 6.01. The number of benzene rings is 1. The smallest absolute Gasteiger partial charge is 0.230 e. The van der Waals surface area contributed by atoms with Crippen LogP contribution < -0.4 is 5.32 Å². The van der Waals surface area contributed by atoms with Crippen molar-refractivity contribution in [2.24, 2.45) is 0 Å². The summed E-state index contributed by atoms with van der Waals surface area (Å²) in [5.41, 5.74) is 3.27. The third-order valence-corrected chi connectivity index (χ3v) is 3.87. The minimum atomic E-state index is -0.0745. The number of aromatic nitrogens is 4. The highest BCUT2D eigenvalue weighted by molar-refractivity contribution is 7.99. The fourth-order valence-corrected chi connectivity index (χ4v) is 2.38. The van der Waals surface area contributed by atoms with Gasteiger partial charge in [-0.15, -0.1) is 11.7 Å². The highest BCUT2D eigenvalue weighted by Gasteiger charge is 2.11. The number of carbonyl (C=O) groups excluding carboxylic acids is 1. The number of amides is 1. The van der Waals surface area contributed by atoms with Crippen molar-refractivity contribution in [3.8, 4) is 5.69 Å². The molecule has 110 valence electrons. The minimum Gasteiger partial charge on any atom is -0.352 e. The molecule has 1 heterocycles. The van der Waals surface area contributed by atoms with E-state index in [-0.39, 0.29) is 11.7 Å². The molecule has 0 unspecified atom stereocenters. The predicted molar refractivity (Wildman–Crippen MR) is 82.6 cm³/mol. The monoisotopic (exact) mass is 303 g/mol. The zero-order chi connectivity index (χ0) is 15.2. The summed E-state index contributed by atoms with van der Waals surface area (Å²) in [6.45, 7) is 8.11. The number of rotatable bonds is 6. The summed E-state index contributed by atoms with van der Waals surface area (Å²) in [5.74, 6) is 0.188. The molecule has 1 aromatic carbocycles. The standard InChI is InChI=1S/C14H17N5OS/c1-4-7-15-13(20)9-21-14-16-17-18-19(14)12-6-5-10(2)11(3)8-12/h4-6,8H,1,7,9H2,2-3H3,(H,15,20). The van der Waals surface area contributed by atoms with E-state index in [4.69, 9.17) is 0 Å². The highest BCUT2D eigenvalue weighted by atomic mass is 32.2. The predicted octanol–water partition coefficient (Wildman–Crippen LogP) is 1.67. The Morgan fingerprint density at radius 1 is 1.43 bits per heavy atom. The number of carbonyl (C=O) groups is 1. The number of hydrogen-bond acceptors (Lipinski definition) is 5. The molecule has 2 rings (SSSR count). The van der Waals surface area contributed by atoms with Gasteiger partial charge in [-0.05, 0) is 47.5 Å². The Hall–Kier alpha value is -2.15. The van der Waals surface area contributed by atoms with Crippen LogP contribution in [-0.4, -0.2) is 38.4 Å². The molecule has 0 saturated carbocycles. The van der Waals surface area contributed by atoms with Crippen LogP contribution in [0.5, 0.6) is 0 Å². The molecule has 7 heteroatoms.